The summed E-state index contributed by atoms with van der Waals surface area (Å²) in [5.41, 5.74) is 2.70. The Bertz CT molecular complexity index is 678. The van der Waals surface area contributed by atoms with Gasteiger partial charge >= 0.3 is 0 Å². The summed E-state index contributed by atoms with van der Waals surface area (Å²) in [5, 5.41) is 4.28. The first-order valence-electron chi connectivity index (χ1n) is 7.23. The van der Waals surface area contributed by atoms with Gasteiger partial charge in [0, 0.05) is 0 Å². The second-order valence-corrected chi connectivity index (χ2v) is 7.48. The van der Waals surface area contributed by atoms with E-state index in [4.69, 9.17) is 0 Å². The van der Waals surface area contributed by atoms with Gasteiger partial charge in [-0.1, -0.05) is 84.4 Å². The summed E-state index contributed by atoms with van der Waals surface area (Å²) in [7, 11) is -0.483. The second kappa shape index (κ2) is 6.24. The second-order valence-electron chi connectivity index (χ2n) is 5.30. The van der Waals surface area contributed by atoms with Gasteiger partial charge in [-0.15, -0.1) is 0 Å². The molecule has 0 amide bonds. The van der Waals surface area contributed by atoms with Crippen LogP contribution < -0.4 is 15.9 Å². The molecule has 0 N–H and O–H groups in total. The lowest BCUT2D eigenvalue weighted by Gasteiger charge is -2.21. The Balaban J connectivity index is 2.20. The van der Waals surface area contributed by atoms with E-state index in [1.807, 2.05) is 0 Å². The van der Waals surface area contributed by atoms with E-state index in [1.165, 1.54) is 27.0 Å². The van der Waals surface area contributed by atoms with Gasteiger partial charge in [0.1, 0.15) is 0 Å². The van der Waals surface area contributed by atoms with Crippen molar-refractivity contribution in [1.29, 1.82) is 0 Å². The predicted octanol–water partition coefficient (Wildman–Crippen LogP) is 4.06. The van der Waals surface area contributed by atoms with Crippen LogP contribution in [0.1, 0.15) is 11.1 Å². The minimum atomic E-state index is -0.483. The number of benzene rings is 3. The molecule has 0 fully saturated rings. The van der Waals surface area contributed by atoms with E-state index >= 15 is 0 Å². The van der Waals surface area contributed by atoms with E-state index in [2.05, 4.69) is 92.7 Å². The van der Waals surface area contributed by atoms with Crippen molar-refractivity contribution in [3.05, 3.63) is 90.0 Å². The molecule has 0 unspecified atom stereocenters. The molecule has 0 aliphatic heterocycles. The maximum absolute atomic E-state index is 2.35. The van der Waals surface area contributed by atoms with E-state index in [1.54, 1.807) is 0 Å². The zero-order valence-electron chi connectivity index (χ0n) is 12.5. The van der Waals surface area contributed by atoms with Crippen molar-refractivity contribution >= 4 is 23.8 Å². The Morgan fingerprint density at radius 2 is 1.14 bits per heavy atom. The van der Waals surface area contributed by atoms with Crippen molar-refractivity contribution in [3.63, 3.8) is 0 Å². The summed E-state index contributed by atoms with van der Waals surface area (Å²) in [4.78, 5) is 0. The van der Waals surface area contributed by atoms with Crippen molar-refractivity contribution in [3.8, 4) is 0 Å². The van der Waals surface area contributed by atoms with Crippen LogP contribution >= 0.6 is 7.92 Å². The molecule has 0 radical (unpaired) electrons. The normalized spacial score (nSPS) is 10.8. The summed E-state index contributed by atoms with van der Waals surface area (Å²) in [6, 6.07) is 28.5. The van der Waals surface area contributed by atoms with Gasteiger partial charge in [0.15, 0.2) is 0 Å². The molecule has 104 valence electrons. The van der Waals surface area contributed by atoms with Gasteiger partial charge < -0.3 is 0 Å². The van der Waals surface area contributed by atoms with Crippen molar-refractivity contribution in [1.82, 2.24) is 0 Å². The molecule has 0 atom stereocenters. The third kappa shape index (κ3) is 3.06. The molecular formula is C20H19P. The Kier molecular flexibility index (Phi) is 4.18. The third-order valence-electron chi connectivity index (χ3n) is 3.63. The Morgan fingerprint density at radius 3 is 1.67 bits per heavy atom. The highest BCUT2D eigenvalue weighted by atomic mass is 31.1. The summed E-state index contributed by atoms with van der Waals surface area (Å²) in [6.45, 7) is 4.39. The van der Waals surface area contributed by atoms with Gasteiger partial charge in [0.2, 0.25) is 0 Å². The van der Waals surface area contributed by atoms with Crippen LogP contribution in [0, 0.1) is 13.8 Å². The summed E-state index contributed by atoms with van der Waals surface area (Å²) < 4.78 is 0. The van der Waals surface area contributed by atoms with Gasteiger partial charge in [-0.25, -0.2) is 0 Å². The van der Waals surface area contributed by atoms with Crippen molar-refractivity contribution in [2.24, 2.45) is 0 Å². The van der Waals surface area contributed by atoms with E-state index in [0.29, 0.717) is 0 Å². The highest BCUT2D eigenvalue weighted by Gasteiger charge is 2.17. The fourth-order valence-corrected chi connectivity index (χ4v) is 5.10. The van der Waals surface area contributed by atoms with Crippen LogP contribution in [0.4, 0.5) is 0 Å². The highest BCUT2D eigenvalue weighted by molar-refractivity contribution is 7.79. The molecule has 0 heterocycles. The Morgan fingerprint density at radius 1 is 0.619 bits per heavy atom. The van der Waals surface area contributed by atoms with Crippen LogP contribution in [0.25, 0.3) is 0 Å². The minimum Gasteiger partial charge on any atom is -0.0622 e. The lowest BCUT2D eigenvalue weighted by molar-refractivity contribution is 1.43. The average molecular weight is 290 g/mol. The van der Waals surface area contributed by atoms with E-state index in [-0.39, 0.29) is 0 Å². The maximum atomic E-state index is 2.35. The standard InChI is InChI=1S/C20H19P/c1-16-13-14-17(2)20(15-16)21(18-9-5-3-6-10-18)19-11-7-4-8-12-19/h3-15H,1-2H3. The third-order valence-corrected chi connectivity index (χ3v) is 6.23. The van der Waals surface area contributed by atoms with Crippen LogP contribution in [0.2, 0.25) is 0 Å². The van der Waals surface area contributed by atoms with Crippen molar-refractivity contribution < 1.29 is 0 Å². The Labute approximate surface area is 128 Å². The minimum absolute atomic E-state index is 0.483. The fraction of sp³-hybridized carbons (Fsp3) is 0.100. The molecule has 1 heteroatoms. The van der Waals surface area contributed by atoms with Crippen LogP contribution in [0.3, 0.4) is 0 Å². The van der Waals surface area contributed by atoms with Gasteiger partial charge in [-0.2, -0.15) is 0 Å². The summed E-state index contributed by atoms with van der Waals surface area (Å²) in [5.74, 6) is 0. The van der Waals surface area contributed by atoms with Crippen LogP contribution in [-0.4, -0.2) is 0 Å². The molecule has 0 aliphatic carbocycles. The number of aryl methyl sites for hydroxylation is 2. The monoisotopic (exact) mass is 290 g/mol. The first kappa shape index (κ1) is 14.0. The zero-order chi connectivity index (χ0) is 14.7. The van der Waals surface area contributed by atoms with Gasteiger partial charge in [0.05, 0.1) is 0 Å². The van der Waals surface area contributed by atoms with E-state index in [9.17, 15) is 0 Å². The topological polar surface area (TPSA) is 0 Å². The van der Waals surface area contributed by atoms with Gasteiger partial charge in [-0.05, 0) is 43.2 Å². The molecule has 0 nitrogen and oxygen atoms in total. The smallest absolute Gasteiger partial charge is 0.0119 e. The molecule has 3 aromatic rings. The molecule has 0 aliphatic rings. The molecule has 0 saturated carbocycles. The first-order chi connectivity index (χ1) is 10.3. The summed E-state index contributed by atoms with van der Waals surface area (Å²) in [6.07, 6.45) is 0. The predicted molar refractivity (Wildman–Crippen MR) is 94.6 cm³/mol. The molecular weight excluding hydrogens is 271 g/mol. The van der Waals surface area contributed by atoms with E-state index < -0.39 is 7.92 Å². The van der Waals surface area contributed by atoms with Crippen LogP contribution in [0.5, 0.6) is 0 Å². The number of hydrogen-bond acceptors (Lipinski definition) is 0. The lowest BCUT2D eigenvalue weighted by Crippen LogP contribution is -2.22. The van der Waals surface area contributed by atoms with Gasteiger partial charge in [-0.3, -0.25) is 0 Å². The molecule has 0 bridgehead atoms. The lowest BCUT2D eigenvalue weighted by atomic mass is 10.2. The molecule has 0 aromatic heterocycles. The first-order valence-corrected chi connectivity index (χ1v) is 8.57. The average Bonchev–Trinajstić information content (AvgIpc) is 2.53. The number of rotatable bonds is 3. The zero-order valence-corrected chi connectivity index (χ0v) is 13.3. The maximum Gasteiger partial charge on any atom is -0.0119 e. The molecule has 0 saturated heterocycles. The van der Waals surface area contributed by atoms with Crippen LogP contribution in [-0.2, 0) is 0 Å². The van der Waals surface area contributed by atoms with Crippen molar-refractivity contribution in [2.75, 3.05) is 0 Å². The van der Waals surface area contributed by atoms with Crippen molar-refractivity contribution in [2.45, 2.75) is 13.8 Å². The van der Waals surface area contributed by atoms with Gasteiger partial charge in [0.25, 0.3) is 0 Å². The summed E-state index contributed by atoms with van der Waals surface area (Å²) >= 11 is 0. The fourth-order valence-electron chi connectivity index (χ4n) is 2.54. The molecule has 0 spiro atoms. The molecule has 3 aromatic carbocycles. The SMILES string of the molecule is Cc1ccc(C)c(P(c2ccccc2)c2ccccc2)c1. The quantitative estimate of drug-likeness (QED) is 0.638. The Hall–Kier alpha value is -1.91. The molecule has 3 rings (SSSR count). The van der Waals surface area contributed by atoms with Crippen LogP contribution in [0.15, 0.2) is 78.9 Å². The largest absolute Gasteiger partial charge is 0.0622 e. The molecule has 21 heavy (non-hydrogen) atoms. The highest BCUT2D eigenvalue weighted by Crippen LogP contribution is 2.34. The number of hydrogen-bond donors (Lipinski definition) is 0. The van der Waals surface area contributed by atoms with E-state index in [0.717, 1.165) is 0 Å².